The van der Waals surface area contributed by atoms with Gasteiger partial charge in [0.25, 0.3) is 0 Å². The van der Waals surface area contributed by atoms with Crippen molar-refractivity contribution < 1.29 is 0 Å². The van der Waals surface area contributed by atoms with Crippen LogP contribution in [0.25, 0.3) is 32.0 Å². The Balaban J connectivity index is 2.03. The van der Waals surface area contributed by atoms with E-state index >= 15 is 0 Å². The van der Waals surface area contributed by atoms with Crippen molar-refractivity contribution in [3.05, 3.63) is 30.0 Å². The molecule has 6 nitrogen and oxygen atoms in total. The summed E-state index contributed by atoms with van der Waals surface area (Å²) in [6.45, 7) is 1.84. The summed E-state index contributed by atoms with van der Waals surface area (Å²) in [4.78, 5) is 14.0. The van der Waals surface area contributed by atoms with E-state index in [0.717, 1.165) is 26.6 Å². The van der Waals surface area contributed by atoms with E-state index in [4.69, 9.17) is 17.2 Å². The van der Waals surface area contributed by atoms with Gasteiger partial charge in [-0.25, -0.2) is 9.97 Å². The van der Waals surface area contributed by atoms with E-state index in [-0.39, 0.29) is 0 Å². The fourth-order valence-corrected chi connectivity index (χ4v) is 3.65. The van der Waals surface area contributed by atoms with Gasteiger partial charge in [0.1, 0.15) is 4.83 Å². The second kappa shape index (κ2) is 4.35. The van der Waals surface area contributed by atoms with Gasteiger partial charge in [-0.1, -0.05) is 12.1 Å². The number of hydrogen-bond donors (Lipinski definition) is 4. The van der Waals surface area contributed by atoms with E-state index in [2.05, 4.69) is 15.0 Å². The molecule has 0 atom stereocenters. The van der Waals surface area contributed by atoms with Crippen LogP contribution < -0.4 is 17.2 Å². The molecule has 4 rings (SSSR count). The molecule has 0 aliphatic rings. The number of H-pyrrole nitrogens is 1. The van der Waals surface area contributed by atoms with E-state index in [9.17, 15) is 0 Å². The molecule has 0 aliphatic carbocycles. The van der Waals surface area contributed by atoms with E-state index in [0.29, 0.717) is 28.1 Å². The molecule has 7 heteroatoms. The number of hydrogen-bond acceptors (Lipinski definition) is 6. The van der Waals surface area contributed by atoms with Gasteiger partial charge in [-0.05, 0) is 19.1 Å². The molecule has 0 fully saturated rings. The predicted octanol–water partition coefficient (Wildman–Crippen LogP) is 2.89. The van der Waals surface area contributed by atoms with Gasteiger partial charge in [0.15, 0.2) is 5.82 Å². The highest BCUT2D eigenvalue weighted by Crippen LogP contribution is 2.43. The third-order valence-corrected chi connectivity index (χ3v) is 4.86. The molecule has 7 N–H and O–H groups in total. The van der Waals surface area contributed by atoms with E-state index in [1.54, 1.807) is 0 Å². The van der Waals surface area contributed by atoms with Crippen LogP contribution in [0.1, 0.15) is 5.69 Å². The van der Waals surface area contributed by atoms with Crippen molar-refractivity contribution in [1.82, 2.24) is 15.0 Å². The zero-order valence-electron chi connectivity index (χ0n) is 11.8. The molecule has 3 aromatic heterocycles. The predicted molar refractivity (Wildman–Crippen MR) is 92.7 cm³/mol. The first-order chi connectivity index (χ1) is 10.6. The number of imidazole rings is 1. The number of thiophene rings is 1. The Bertz CT molecular complexity index is 997. The Morgan fingerprint density at radius 1 is 1.00 bits per heavy atom. The number of nitrogens with one attached hydrogen (secondary N) is 1. The van der Waals surface area contributed by atoms with Crippen molar-refractivity contribution in [2.24, 2.45) is 0 Å². The molecule has 0 unspecified atom stereocenters. The number of para-hydroxylation sites is 2. The number of fused-ring (bicyclic) bond motifs is 2. The number of pyridine rings is 1. The molecule has 0 spiro atoms. The summed E-state index contributed by atoms with van der Waals surface area (Å²) in [5.41, 5.74) is 22.5. The van der Waals surface area contributed by atoms with Gasteiger partial charge in [-0.3, -0.25) is 0 Å². The zero-order chi connectivity index (χ0) is 15.4. The first-order valence-electron chi connectivity index (χ1n) is 6.75. The highest BCUT2D eigenvalue weighted by Gasteiger charge is 2.19. The summed E-state index contributed by atoms with van der Waals surface area (Å²) in [6, 6.07) is 7.84. The van der Waals surface area contributed by atoms with Crippen LogP contribution in [0.15, 0.2) is 24.3 Å². The lowest BCUT2D eigenvalue weighted by Gasteiger charge is -2.05. The van der Waals surface area contributed by atoms with Crippen LogP contribution in [0.4, 0.5) is 17.1 Å². The quantitative estimate of drug-likeness (QED) is 0.431. The fraction of sp³-hybridized carbons (Fsp3) is 0.0667. The third kappa shape index (κ3) is 1.66. The van der Waals surface area contributed by atoms with Crippen molar-refractivity contribution in [1.29, 1.82) is 0 Å². The molecule has 0 amide bonds. The zero-order valence-corrected chi connectivity index (χ0v) is 12.7. The number of benzene rings is 1. The minimum absolute atomic E-state index is 0.480. The monoisotopic (exact) mass is 310 g/mol. The van der Waals surface area contributed by atoms with Crippen molar-refractivity contribution in [2.75, 3.05) is 17.2 Å². The minimum Gasteiger partial charge on any atom is -0.397 e. The number of nitrogens with two attached hydrogens (primary N) is 3. The number of nitrogens with zero attached hydrogens (tertiary/aromatic N) is 2. The van der Waals surface area contributed by atoms with E-state index < -0.39 is 0 Å². The highest BCUT2D eigenvalue weighted by atomic mass is 32.1. The lowest BCUT2D eigenvalue weighted by Crippen LogP contribution is -2.01. The Hall–Kier alpha value is -2.80. The summed E-state index contributed by atoms with van der Waals surface area (Å²) in [5, 5.41) is 0.712. The highest BCUT2D eigenvalue weighted by molar-refractivity contribution is 7.22. The molecule has 0 aliphatic heterocycles. The number of rotatable bonds is 1. The normalized spacial score (nSPS) is 11.5. The topological polar surface area (TPSA) is 120 Å². The van der Waals surface area contributed by atoms with Gasteiger partial charge in [0.05, 0.1) is 44.1 Å². The lowest BCUT2D eigenvalue weighted by atomic mass is 10.2. The van der Waals surface area contributed by atoms with Crippen LogP contribution in [0.3, 0.4) is 0 Å². The Kier molecular flexibility index (Phi) is 2.55. The molecule has 22 heavy (non-hydrogen) atoms. The second-order valence-corrected chi connectivity index (χ2v) is 6.15. The van der Waals surface area contributed by atoms with Crippen molar-refractivity contribution in [2.45, 2.75) is 6.92 Å². The average Bonchev–Trinajstić information content (AvgIpc) is 3.06. The molecular weight excluding hydrogens is 296 g/mol. The Labute approximate surface area is 130 Å². The van der Waals surface area contributed by atoms with Crippen molar-refractivity contribution in [3.63, 3.8) is 0 Å². The summed E-state index contributed by atoms with van der Waals surface area (Å²) >= 11 is 1.46. The van der Waals surface area contributed by atoms with E-state index in [1.165, 1.54) is 11.3 Å². The van der Waals surface area contributed by atoms with Gasteiger partial charge in [0.2, 0.25) is 0 Å². The largest absolute Gasteiger partial charge is 0.397 e. The maximum absolute atomic E-state index is 6.29. The van der Waals surface area contributed by atoms with Crippen molar-refractivity contribution >= 4 is 49.6 Å². The average molecular weight is 310 g/mol. The van der Waals surface area contributed by atoms with Gasteiger partial charge in [-0.15, -0.1) is 11.3 Å². The second-order valence-electron chi connectivity index (χ2n) is 5.15. The Morgan fingerprint density at radius 2 is 1.77 bits per heavy atom. The lowest BCUT2D eigenvalue weighted by molar-refractivity contribution is 1.28. The van der Waals surface area contributed by atoms with Gasteiger partial charge in [-0.2, -0.15) is 0 Å². The van der Waals surface area contributed by atoms with Gasteiger partial charge in [0, 0.05) is 0 Å². The standard InChI is InChI=1S/C15H14N6S/c1-6-10(16)11(17)9-12(18)13(22-15(9)19-6)14-20-7-4-2-3-5-8(7)21-14/h2-5H,16,18H2,1H3,(H2,17,19)(H,20,21). The van der Waals surface area contributed by atoms with E-state index in [1.807, 2.05) is 31.2 Å². The molecular formula is C15H14N6S. The van der Waals surface area contributed by atoms with Crippen LogP contribution in [0.5, 0.6) is 0 Å². The first kappa shape index (κ1) is 12.9. The number of aromatic nitrogens is 3. The summed E-state index contributed by atoms with van der Waals surface area (Å²) in [6.07, 6.45) is 0. The number of nitrogen functional groups attached to an aromatic ring is 3. The van der Waals surface area contributed by atoms with Gasteiger partial charge >= 0.3 is 0 Å². The molecule has 0 radical (unpaired) electrons. The molecule has 110 valence electrons. The Morgan fingerprint density at radius 3 is 2.55 bits per heavy atom. The van der Waals surface area contributed by atoms with Gasteiger partial charge < -0.3 is 22.2 Å². The van der Waals surface area contributed by atoms with Crippen LogP contribution in [-0.2, 0) is 0 Å². The molecule has 0 bridgehead atoms. The maximum atomic E-state index is 6.29. The van der Waals surface area contributed by atoms with Crippen LogP contribution in [0, 0.1) is 6.92 Å². The van der Waals surface area contributed by atoms with Crippen LogP contribution in [0.2, 0.25) is 0 Å². The summed E-state index contributed by atoms with van der Waals surface area (Å²) in [5.74, 6) is 0.720. The summed E-state index contributed by atoms with van der Waals surface area (Å²) in [7, 11) is 0. The van der Waals surface area contributed by atoms with Crippen LogP contribution in [-0.4, -0.2) is 15.0 Å². The minimum atomic E-state index is 0.480. The fourth-order valence-electron chi connectivity index (χ4n) is 2.55. The van der Waals surface area contributed by atoms with Crippen LogP contribution >= 0.6 is 11.3 Å². The first-order valence-corrected chi connectivity index (χ1v) is 7.56. The molecule has 4 aromatic rings. The molecule has 0 saturated carbocycles. The van der Waals surface area contributed by atoms with Crippen molar-refractivity contribution in [3.8, 4) is 10.7 Å². The summed E-state index contributed by atoms with van der Waals surface area (Å²) < 4.78 is 0. The maximum Gasteiger partial charge on any atom is 0.150 e. The molecule has 0 saturated heterocycles. The molecule has 3 heterocycles. The number of aromatic amines is 1. The number of aryl methyl sites for hydroxylation is 1. The third-order valence-electron chi connectivity index (χ3n) is 3.75. The number of anilines is 3. The smallest absolute Gasteiger partial charge is 0.150 e. The molecule has 1 aromatic carbocycles. The SMILES string of the molecule is Cc1nc2sc(-c3nc4ccccc4[nH]3)c(N)c2c(N)c1N.